The summed E-state index contributed by atoms with van der Waals surface area (Å²) in [6, 6.07) is 55.8. The molecule has 2 heteroatoms. The Labute approximate surface area is 268 Å². The zero-order valence-electron chi connectivity index (χ0n) is 25.3. The Bertz CT molecular complexity index is 2370. The SMILES string of the molecule is C=C/C=C(/c1ccccc1N(c1ccccc1)c1ccc(-c2cccc3ccccc23)cc1)c1coc2cc3ccccc3cc12. The number of hydrogen-bond acceptors (Lipinski definition) is 2. The van der Waals surface area contributed by atoms with Crippen LogP contribution in [0, 0.1) is 0 Å². The first-order chi connectivity index (χ1) is 22.8. The number of furan rings is 1. The molecule has 0 saturated carbocycles. The molecule has 2 nitrogen and oxygen atoms in total. The van der Waals surface area contributed by atoms with Crippen molar-refractivity contribution >= 4 is 55.1 Å². The summed E-state index contributed by atoms with van der Waals surface area (Å²) in [4.78, 5) is 2.33. The van der Waals surface area contributed by atoms with Crippen LogP contribution in [0.1, 0.15) is 11.1 Å². The van der Waals surface area contributed by atoms with E-state index >= 15 is 0 Å². The smallest absolute Gasteiger partial charge is 0.135 e. The van der Waals surface area contributed by atoms with Gasteiger partial charge in [-0.1, -0.05) is 134 Å². The highest BCUT2D eigenvalue weighted by atomic mass is 16.3. The Morgan fingerprint density at radius 1 is 0.543 bits per heavy atom. The van der Waals surface area contributed by atoms with E-state index in [0.29, 0.717) is 0 Å². The maximum atomic E-state index is 6.17. The fourth-order valence-corrected chi connectivity index (χ4v) is 6.53. The van der Waals surface area contributed by atoms with Gasteiger partial charge in [0.2, 0.25) is 0 Å². The number of benzene rings is 7. The lowest BCUT2D eigenvalue weighted by Gasteiger charge is -2.28. The van der Waals surface area contributed by atoms with E-state index in [1.807, 2.05) is 12.3 Å². The van der Waals surface area contributed by atoms with E-state index in [-0.39, 0.29) is 0 Å². The first-order valence-electron chi connectivity index (χ1n) is 15.5. The van der Waals surface area contributed by atoms with E-state index in [9.17, 15) is 0 Å². The number of rotatable bonds is 7. The Kier molecular flexibility index (Phi) is 7.01. The number of hydrogen-bond donors (Lipinski definition) is 0. The van der Waals surface area contributed by atoms with Crippen molar-refractivity contribution in [2.24, 2.45) is 0 Å². The maximum absolute atomic E-state index is 6.17. The van der Waals surface area contributed by atoms with Gasteiger partial charge in [0, 0.05) is 27.9 Å². The number of nitrogens with zero attached hydrogens (tertiary/aromatic N) is 1. The molecule has 0 spiro atoms. The molecule has 8 rings (SSSR count). The van der Waals surface area contributed by atoms with Crippen LogP contribution in [0.5, 0.6) is 0 Å². The Morgan fingerprint density at radius 3 is 2.00 bits per heavy atom. The Balaban J connectivity index is 1.28. The molecule has 0 saturated heterocycles. The Hall–Kier alpha value is -6.12. The van der Waals surface area contributed by atoms with Crippen molar-refractivity contribution in [1.29, 1.82) is 0 Å². The molecule has 1 aromatic heterocycles. The molecular weight excluding hydrogens is 558 g/mol. The number of anilines is 3. The fraction of sp³-hybridized carbons (Fsp3) is 0. The average molecular weight is 590 g/mol. The van der Waals surface area contributed by atoms with Gasteiger partial charge in [0.15, 0.2) is 0 Å². The molecule has 0 bridgehead atoms. The minimum absolute atomic E-state index is 0.866. The summed E-state index contributed by atoms with van der Waals surface area (Å²) in [6.07, 6.45) is 5.82. The van der Waals surface area contributed by atoms with Crippen molar-refractivity contribution < 1.29 is 4.42 Å². The molecule has 1 heterocycles. The molecule has 0 unspecified atom stereocenters. The van der Waals surface area contributed by atoms with Crippen LogP contribution in [0.15, 0.2) is 187 Å². The first kappa shape index (κ1) is 27.4. The van der Waals surface area contributed by atoms with E-state index in [4.69, 9.17) is 4.42 Å². The van der Waals surface area contributed by atoms with Crippen molar-refractivity contribution in [3.63, 3.8) is 0 Å². The van der Waals surface area contributed by atoms with Crippen molar-refractivity contribution in [2.75, 3.05) is 4.90 Å². The zero-order chi connectivity index (χ0) is 30.9. The van der Waals surface area contributed by atoms with Crippen molar-refractivity contribution in [3.05, 3.63) is 194 Å². The van der Waals surface area contributed by atoms with Gasteiger partial charge in [-0.05, 0) is 80.7 Å². The van der Waals surface area contributed by atoms with Crippen LogP contribution >= 0.6 is 0 Å². The molecule has 46 heavy (non-hydrogen) atoms. The second-order valence-electron chi connectivity index (χ2n) is 11.4. The normalized spacial score (nSPS) is 11.7. The Morgan fingerprint density at radius 2 is 1.20 bits per heavy atom. The summed E-state index contributed by atoms with van der Waals surface area (Å²) in [5.74, 6) is 0. The molecule has 218 valence electrons. The molecule has 7 aromatic carbocycles. The number of allylic oxidation sites excluding steroid dienone is 2. The van der Waals surface area contributed by atoms with Gasteiger partial charge in [-0.3, -0.25) is 0 Å². The lowest BCUT2D eigenvalue weighted by Crippen LogP contribution is -2.12. The van der Waals surface area contributed by atoms with E-state index in [1.165, 1.54) is 27.3 Å². The monoisotopic (exact) mass is 589 g/mol. The minimum atomic E-state index is 0.866. The quantitative estimate of drug-likeness (QED) is 0.172. The van der Waals surface area contributed by atoms with Gasteiger partial charge in [-0.25, -0.2) is 0 Å². The second-order valence-corrected chi connectivity index (χ2v) is 11.4. The fourth-order valence-electron chi connectivity index (χ4n) is 6.53. The topological polar surface area (TPSA) is 16.4 Å². The third-order valence-corrected chi connectivity index (χ3v) is 8.69. The summed E-state index contributed by atoms with van der Waals surface area (Å²) >= 11 is 0. The zero-order valence-corrected chi connectivity index (χ0v) is 25.3. The van der Waals surface area contributed by atoms with Gasteiger partial charge in [-0.15, -0.1) is 0 Å². The van der Waals surface area contributed by atoms with Crippen LogP contribution in [0.3, 0.4) is 0 Å². The minimum Gasteiger partial charge on any atom is -0.464 e. The molecule has 0 atom stereocenters. The third-order valence-electron chi connectivity index (χ3n) is 8.69. The predicted molar refractivity (Wildman–Crippen MR) is 195 cm³/mol. The van der Waals surface area contributed by atoms with Crippen LogP contribution in [0.25, 0.3) is 49.2 Å². The van der Waals surface area contributed by atoms with Crippen LogP contribution in [-0.2, 0) is 0 Å². The van der Waals surface area contributed by atoms with Gasteiger partial charge in [0.1, 0.15) is 5.58 Å². The van der Waals surface area contributed by atoms with Crippen LogP contribution < -0.4 is 4.90 Å². The molecule has 0 amide bonds. The van der Waals surface area contributed by atoms with E-state index in [0.717, 1.165) is 50.1 Å². The highest BCUT2D eigenvalue weighted by molar-refractivity contribution is 6.05. The van der Waals surface area contributed by atoms with Crippen molar-refractivity contribution in [3.8, 4) is 11.1 Å². The summed E-state index contributed by atoms with van der Waals surface area (Å²) in [5.41, 5.74) is 9.66. The lowest BCUT2D eigenvalue weighted by atomic mass is 9.93. The standard InChI is InChI=1S/C44H31NO/c1-2-13-39(42-30-46-44-29-34-16-7-6-15-33(34)28-41(42)44)40-21-10-11-23-43(40)45(35-18-4-3-5-19-35)36-26-24-32(25-27-36)38-22-12-17-31-14-8-9-20-37(31)38/h2-30H,1H2/b39-13-. The first-order valence-corrected chi connectivity index (χ1v) is 15.5. The summed E-state index contributed by atoms with van der Waals surface area (Å²) < 4.78 is 6.17. The van der Waals surface area contributed by atoms with Crippen molar-refractivity contribution in [1.82, 2.24) is 0 Å². The number of para-hydroxylation sites is 2. The third kappa shape index (κ3) is 4.87. The molecule has 8 aromatic rings. The average Bonchev–Trinajstić information content (AvgIpc) is 3.53. The highest BCUT2D eigenvalue weighted by Gasteiger charge is 2.21. The number of fused-ring (bicyclic) bond motifs is 3. The lowest BCUT2D eigenvalue weighted by molar-refractivity contribution is 0.615. The molecule has 0 aliphatic heterocycles. The van der Waals surface area contributed by atoms with Crippen LogP contribution in [0.2, 0.25) is 0 Å². The maximum Gasteiger partial charge on any atom is 0.135 e. The van der Waals surface area contributed by atoms with Gasteiger partial charge in [-0.2, -0.15) is 0 Å². The molecule has 0 aliphatic carbocycles. The molecular formula is C44H31NO. The molecule has 0 aliphatic rings. The summed E-state index contributed by atoms with van der Waals surface area (Å²) in [7, 11) is 0. The van der Waals surface area contributed by atoms with Crippen LogP contribution in [0.4, 0.5) is 17.1 Å². The van der Waals surface area contributed by atoms with E-state index < -0.39 is 0 Å². The highest BCUT2D eigenvalue weighted by Crippen LogP contribution is 2.43. The molecule has 0 N–H and O–H groups in total. The van der Waals surface area contributed by atoms with Crippen LogP contribution in [-0.4, -0.2) is 0 Å². The summed E-state index contributed by atoms with van der Waals surface area (Å²) in [5, 5.41) is 5.91. The van der Waals surface area contributed by atoms with Gasteiger partial charge in [0.05, 0.1) is 12.0 Å². The second kappa shape index (κ2) is 11.8. The predicted octanol–water partition coefficient (Wildman–Crippen LogP) is 12.5. The molecule has 0 fully saturated rings. The van der Waals surface area contributed by atoms with Gasteiger partial charge >= 0.3 is 0 Å². The largest absolute Gasteiger partial charge is 0.464 e. The van der Waals surface area contributed by atoms with Gasteiger partial charge in [0.25, 0.3) is 0 Å². The van der Waals surface area contributed by atoms with E-state index in [1.54, 1.807) is 0 Å². The van der Waals surface area contributed by atoms with Crippen molar-refractivity contribution in [2.45, 2.75) is 0 Å². The summed E-state index contributed by atoms with van der Waals surface area (Å²) in [6.45, 7) is 4.10. The van der Waals surface area contributed by atoms with Gasteiger partial charge < -0.3 is 9.32 Å². The van der Waals surface area contributed by atoms with E-state index in [2.05, 4.69) is 175 Å². The molecule has 0 radical (unpaired) electrons.